The van der Waals surface area contributed by atoms with Gasteiger partial charge in [-0.2, -0.15) is 13.2 Å². The Morgan fingerprint density at radius 1 is 1.05 bits per heavy atom. The minimum Gasteiger partial charge on any atom is -0.244 e. The number of alkyl halides is 3. The first-order chi connectivity index (χ1) is 8.69. The van der Waals surface area contributed by atoms with E-state index in [1.54, 1.807) is 12.3 Å². The quantitative estimate of drug-likeness (QED) is 0.708. The molecule has 0 aliphatic heterocycles. The molecule has 1 heterocycles. The lowest BCUT2D eigenvalue weighted by Gasteiger charge is -2.14. The number of hydrogen-bond donors (Lipinski definition) is 0. The summed E-state index contributed by atoms with van der Waals surface area (Å²) in [7, 11) is 0. The Morgan fingerprint density at radius 2 is 1.68 bits per heavy atom. The highest BCUT2D eigenvalue weighted by Crippen LogP contribution is 2.39. The minimum atomic E-state index is -4.36. The van der Waals surface area contributed by atoms with E-state index >= 15 is 0 Å². The maximum atomic E-state index is 13.0. The van der Waals surface area contributed by atoms with Gasteiger partial charge in [-0.1, -0.05) is 39.0 Å². The van der Waals surface area contributed by atoms with Crippen LogP contribution in [0, 0.1) is 0 Å². The molecule has 0 bridgehead atoms. The van der Waals surface area contributed by atoms with Crippen molar-refractivity contribution in [2.24, 2.45) is 0 Å². The zero-order valence-electron chi connectivity index (χ0n) is 10.9. The number of hydrogen-bond acceptors (Lipinski definition) is 2. The lowest BCUT2D eigenvalue weighted by molar-refractivity contribution is -0.137. The molecule has 5 heteroatoms. The number of nitrogens with zero attached hydrogens (tertiary/aromatic N) is 1. The summed E-state index contributed by atoms with van der Waals surface area (Å²) in [6.07, 6.45) is -2.70. The SMILES string of the molecule is CC(C)(C)c1cnc(-c2ccccc2C(F)(F)F)s1. The molecule has 0 fully saturated rings. The predicted octanol–water partition coefficient (Wildman–Crippen LogP) is 5.13. The highest BCUT2D eigenvalue weighted by molar-refractivity contribution is 7.15. The summed E-state index contributed by atoms with van der Waals surface area (Å²) in [4.78, 5) is 5.12. The van der Waals surface area contributed by atoms with Crippen molar-refractivity contribution in [2.45, 2.75) is 32.4 Å². The molecular weight excluding hydrogens is 271 g/mol. The van der Waals surface area contributed by atoms with Gasteiger partial charge >= 0.3 is 6.18 Å². The van der Waals surface area contributed by atoms with Gasteiger partial charge < -0.3 is 0 Å². The van der Waals surface area contributed by atoms with Crippen LogP contribution < -0.4 is 0 Å². The molecule has 0 saturated heterocycles. The van der Waals surface area contributed by atoms with Gasteiger partial charge in [0.1, 0.15) is 5.01 Å². The molecule has 1 nitrogen and oxygen atoms in total. The zero-order valence-corrected chi connectivity index (χ0v) is 11.7. The van der Waals surface area contributed by atoms with Crippen molar-refractivity contribution in [3.05, 3.63) is 40.9 Å². The molecule has 2 aromatic rings. The van der Waals surface area contributed by atoms with Gasteiger partial charge in [0.15, 0.2) is 0 Å². The number of rotatable bonds is 1. The third-order valence-electron chi connectivity index (χ3n) is 2.71. The van der Waals surface area contributed by atoms with Crippen molar-refractivity contribution in [2.75, 3.05) is 0 Å². The summed E-state index contributed by atoms with van der Waals surface area (Å²) in [6.45, 7) is 6.04. The number of thiazole rings is 1. The number of aromatic nitrogens is 1. The summed E-state index contributed by atoms with van der Waals surface area (Å²) < 4.78 is 38.9. The second kappa shape index (κ2) is 4.63. The van der Waals surface area contributed by atoms with Crippen LogP contribution in [0.25, 0.3) is 10.6 Å². The van der Waals surface area contributed by atoms with Gasteiger partial charge in [0.2, 0.25) is 0 Å². The highest BCUT2D eigenvalue weighted by atomic mass is 32.1. The molecule has 1 aromatic carbocycles. The van der Waals surface area contributed by atoms with E-state index in [2.05, 4.69) is 4.98 Å². The van der Waals surface area contributed by atoms with Crippen LogP contribution >= 0.6 is 11.3 Å². The molecule has 0 aliphatic carbocycles. The van der Waals surface area contributed by atoms with E-state index in [1.165, 1.54) is 23.5 Å². The van der Waals surface area contributed by atoms with Crippen molar-refractivity contribution < 1.29 is 13.2 Å². The first kappa shape index (κ1) is 14.1. The third kappa shape index (κ3) is 2.97. The van der Waals surface area contributed by atoms with Gasteiger partial charge in [0, 0.05) is 16.6 Å². The average molecular weight is 285 g/mol. The second-order valence-electron chi connectivity index (χ2n) is 5.32. The van der Waals surface area contributed by atoms with Crippen LogP contribution in [0.3, 0.4) is 0 Å². The fraction of sp³-hybridized carbons (Fsp3) is 0.357. The van der Waals surface area contributed by atoms with E-state index in [-0.39, 0.29) is 11.0 Å². The second-order valence-corrected chi connectivity index (χ2v) is 6.35. The minimum absolute atomic E-state index is 0.108. The van der Waals surface area contributed by atoms with Gasteiger partial charge in [-0.15, -0.1) is 11.3 Å². The Balaban J connectivity index is 2.52. The summed E-state index contributed by atoms with van der Waals surface area (Å²) in [6, 6.07) is 5.55. The Hall–Kier alpha value is -1.36. The highest BCUT2D eigenvalue weighted by Gasteiger charge is 2.34. The molecule has 0 unspecified atom stereocenters. The number of halogens is 3. The Morgan fingerprint density at radius 3 is 2.21 bits per heavy atom. The molecule has 0 saturated carbocycles. The normalized spacial score (nSPS) is 12.7. The van der Waals surface area contributed by atoms with Gasteiger partial charge in [-0.3, -0.25) is 0 Å². The van der Waals surface area contributed by atoms with Crippen LogP contribution in [0.1, 0.15) is 31.2 Å². The van der Waals surface area contributed by atoms with Crippen LogP contribution in [-0.2, 0) is 11.6 Å². The monoisotopic (exact) mass is 285 g/mol. The van der Waals surface area contributed by atoms with Gasteiger partial charge in [0.25, 0.3) is 0 Å². The lowest BCUT2D eigenvalue weighted by atomic mass is 9.96. The maximum absolute atomic E-state index is 13.0. The van der Waals surface area contributed by atoms with Crippen LogP contribution in [0.5, 0.6) is 0 Å². The van der Waals surface area contributed by atoms with E-state index in [1.807, 2.05) is 20.8 Å². The summed E-state index contributed by atoms with van der Waals surface area (Å²) in [5.41, 5.74) is -0.594. The van der Waals surface area contributed by atoms with E-state index in [4.69, 9.17) is 0 Å². The first-order valence-corrected chi connectivity index (χ1v) is 6.64. The predicted molar refractivity (Wildman–Crippen MR) is 71.3 cm³/mol. The third-order valence-corrected chi connectivity index (χ3v) is 4.16. The lowest BCUT2D eigenvalue weighted by Crippen LogP contribution is -2.08. The standard InChI is InChI=1S/C14H14F3NS/c1-13(2,3)11-8-18-12(19-11)9-6-4-5-7-10(9)14(15,16)17/h4-8H,1-3H3. The van der Waals surface area contributed by atoms with Crippen molar-refractivity contribution in [3.8, 4) is 10.6 Å². The van der Waals surface area contributed by atoms with E-state index in [0.29, 0.717) is 5.01 Å². The average Bonchev–Trinajstić information content (AvgIpc) is 2.76. The van der Waals surface area contributed by atoms with Gasteiger partial charge in [0.05, 0.1) is 5.56 Å². The smallest absolute Gasteiger partial charge is 0.244 e. The largest absolute Gasteiger partial charge is 0.417 e. The van der Waals surface area contributed by atoms with Crippen molar-refractivity contribution in [3.63, 3.8) is 0 Å². The van der Waals surface area contributed by atoms with E-state index < -0.39 is 11.7 Å². The van der Waals surface area contributed by atoms with Gasteiger partial charge in [-0.25, -0.2) is 4.98 Å². The molecule has 19 heavy (non-hydrogen) atoms. The first-order valence-electron chi connectivity index (χ1n) is 5.82. The van der Waals surface area contributed by atoms with Gasteiger partial charge in [-0.05, 0) is 11.5 Å². The Labute approximate surface area is 114 Å². The fourth-order valence-corrected chi connectivity index (χ4v) is 2.68. The van der Waals surface area contributed by atoms with Crippen LogP contribution in [-0.4, -0.2) is 4.98 Å². The summed E-state index contributed by atoms with van der Waals surface area (Å²) in [5, 5.41) is 0.415. The van der Waals surface area contributed by atoms with Crippen LogP contribution in [0.2, 0.25) is 0 Å². The molecular formula is C14H14F3NS. The van der Waals surface area contributed by atoms with Crippen molar-refractivity contribution in [1.82, 2.24) is 4.98 Å². The molecule has 2 rings (SSSR count). The van der Waals surface area contributed by atoms with E-state index in [0.717, 1.165) is 10.9 Å². The molecule has 0 radical (unpaired) electrons. The Kier molecular flexibility index (Phi) is 3.43. The molecule has 102 valence electrons. The van der Waals surface area contributed by atoms with Crippen molar-refractivity contribution in [1.29, 1.82) is 0 Å². The topological polar surface area (TPSA) is 12.9 Å². The molecule has 0 N–H and O–H groups in total. The number of benzene rings is 1. The van der Waals surface area contributed by atoms with Crippen LogP contribution in [0.15, 0.2) is 30.5 Å². The van der Waals surface area contributed by atoms with Crippen LogP contribution in [0.4, 0.5) is 13.2 Å². The fourth-order valence-electron chi connectivity index (χ4n) is 1.66. The van der Waals surface area contributed by atoms with E-state index in [9.17, 15) is 13.2 Å². The van der Waals surface area contributed by atoms with Crippen molar-refractivity contribution >= 4 is 11.3 Å². The molecule has 0 atom stereocenters. The molecule has 1 aromatic heterocycles. The molecule has 0 amide bonds. The maximum Gasteiger partial charge on any atom is 0.417 e. The zero-order chi connectivity index (χ0) is 14.3. The molecule has 0 aliphatic rings. The summed E-state index contributed by atoms with van der Waals surface area (Å²) in [5.74, 6) is 0. The Bertz CT molecular complexity index is 579. The summed E-state index contributed by atoms with van der Waals surface area (Å²) >= 11 is 1.31. The molecule has 0 spiro atoms.